The van der Waals surface area contributed by atoms with E-state index < -0.39 is 23.5 Å². The predicted molar refractivity (Wildman–Crippen MR) is 103 cm³/mol. The Kier molecular flexibility index (Phi) is 7.08. The minimum Gasteiger partial charge on any atom is -0.310 e. The minimum absolute atomic E-state index is 0.0896. The first-order valence-electron chi connectivity index (χ1n) is 9.91. The zero-order chi connectivity index (χ0) is 21.8. The Morgan fingerprint density at radius 3 is 1.27 bits per heavy atom. The van der Waals surface area contributed by atoms with Crippen LogP contribution in [0.3, 0.4) is 0 Å². The summed E-state index contributed by atoms with van der Waals surface area (Å²) in [6.45, 7) is 0.273. The van der Waals surface area contributed by atoms with Gasteiger partial charge in [0.2, 0.25) is 0 Å². The standard InChI is InChI=1S/C22H24F6N2/c23-21(24,25)19-7-3-1-5-15(19)13-29-17-9-11-18(12-10-17)30-14-16-6-2-4-8-20(16)22(26,27)28/h1-8,17-18,29-30H,9-14H2. The molecule has 8 heteroatoms. The average molecular weight is 430 g/mol. The van der Waals surface area contributed by atoms with Gasteiger partial charge in [0, 0.05) is 25.2 Å². The molecule has 2 aromatic carbocycles. The summed E-state index contributed by atoms with van der Waals surface area (Å²) in [7, 11) is 0. The van der Waals surface area contributed by atoms with Gasteiger partial charge in [0.05, 0.1) is 11.1 Å². The van der Waals surface area contributed by atoms with Crippen LogP contribution in [-0.4, -0.2) is 12.1 Å². The molecular weight excluding hydrogens is 406 g/mol. The number of benzene rings is 2. The Morgan fingerprint density at radius 2 is 0.933 bits per heavy atom. The summed E-state index contributed by atoms with van der Waals surface area (Å²) in [4.78, 5) is 0. The van der Waals surface area contributed by atoms with E-state index >= 15 is 0 Å². The molecule has 164 valence electrons. The van der Waals surface area contributed by atoms with Crippen LogP contribution in [0, 0.1) is 0 Å². The predicted octanol–water partition coefficient (Wildman–Crippen LogP) is 5.91. The third kappa shape index (κ3) is 5.98. The topological polar surface area (TPSA) is 24.1 Å². The van der Waals surface area contributed by atoms with Crippen molar-refractivity contribution in [2.75, 3.05) is 0 Å². The van der Waals surface area contributed by atoms with Gasteiger partial charge >= 0.3 is 12.4 Å². The maximum absolute atomic E-state index is 13.1. The molecule has 2 N–H and O–H groups in total. The molecule has 0 heterocycles. The smallest absolute Gasteiger partial charge is 0.310 e. The molecule has 1 saturated carbocycles. The van der Waals surface area contributed by atoms with E-state index in [4.69, 9.17) is 0 Å². The van der Waals surface area contributed by atoms with Crippen LogP contribution in [0.15, 0.2) is 48.5 Å². The van der Waals surface area contributed by atoms with E-state index in [-0.39, 0.29) is 36.3 Å². The summed E-state index contributed by atoms with van der Waals surface area (Å²) in [5.74, 6) is 0. The van der Waals surface area contributed by atoms with Crippen molar-refractivity contribution < 1.29 is 26.3 Å². The van der Waals surface area contributed by atoms with Crippen molar-refractivity contribution in [1.82, 2.24) is 10.6 Å². The molecule has 1 fully saturated rings. The van der Waals surface area contributed by atoms with Crippen LogP contribution in [-0.2, 0) is 25.4 Å². The fraction of sp³-hybridized carbons (Fsp3) is 0.455. The number of alkyl halides is 6. The van der Waals surface area contributed by atoms with Crippen LogP contribution in [0.2, 0.25) is 0 Å². The van der Waals surface area contributed by atoms with Gasteiger partial charge in [-0.1, -0.05) is 36.4 Å². The summed E-state index contributed by atoms with van der Waals surface area (Å²) in [5, 5.41) is 6.39. The molecule has 2 aromatic rings. The highest BCUT2D eigenvalue weighted by Crippen LogP contribution is 2.33. The zero-order valence-corrected chi connectivity index (χ0v) is 16.3. The van der Waals surface area contributed by atoms with Crippen molar-refractivity contribution in [3.8, 4) is 0 Å². The van der Waals surface area contributed by atoms with E-state index in [9.17, 15) is 26.3 Å². The molecule has 0 amide bonds. The summed E-state index contributed by atoms with van der Waals surface area (Å²) in [5.41, 5.74) is -0.824. The number of hydrogen-bond acceptors (Lipinski definition) is 2. The fourth-order valence-corrected chi connectivity index (χ4v) is 3.91. The fourth-order valence-electron chi connectivity index (χ4n) is 3.91. The van der Waals surface area contributed by atoms with Gasteiger partial charge in [0.25, 0.3) is 0 Å². The number of rotatable bonds is 6. The van der Waals surface area contributed by atoms with E-state index in [1.54, 1.807) is 12.1 Å². The largest absolute Gasteiger partial charge is 0.416 e. The lowest BCUT2D eigenvalue weighted by Gasteiger charge is -2.30. The van der Waals surface area contributed by atoms with Crippen LogP contribution in [0.25, 0.3) is 0 Å². The van der Waals surface area contributed by atoms with Gasteiger partial charge in [-0.2, -0.15) is 26.3 Å². The Morgan fingerprint density at radius 1 is 0.600 bits per heavy atom. The van der Waals surface area contributed by atoms with Crippen LogP contribution in [0.1, 0.15) is 47.9 Å². The number of halogens is 6. The second-order valence-electron chi connectivity index (χ2n) is 7.62. The van der Waals surface area contributed by atoms with E-state index in [1.165, 1.54) is 24.3 Å². The van der Waals surface area contributed by atoms with Gasteiger partial charge in [-0.05, 0) is 48.9 Å². The van der Waals surface area contributed by atoms with Crippen molar-refractivity contribution in [1.29, 1.82) is 0 Å². The van der Waals surface area contributed by atoms with Gasteiger partial charge in [-0.15, -0.1) is 0 Å². The molecule has 3 rings (SSSR count). The first-order chi connectivity index (χ1) is 14.1. The lowest BCUT2D eigenvalue weighted by Crippen LogP contribution is -2.39. The van der Waals surface area contributed by atoms with Gasteiger partial charge in [-0.3, -0.25) is 0 Å². The molecule has 0 unspecified atom stereocenters. The van der Waals surface area contributed by atoms with Crippen molar-refractivity contribution in [2.24, 2.45) is 0 Å². The molecule has 2 nitrogen and oxygen atoms in total. The Balaban J connectivity index is 1.48. The zero-order valence-electron chi connectivity index (χ0n) is 16.3. The highest BCUT2D eigenvalue weighted by Gasteiger charge is 2.34. The molecule has 0 bridgehead atoms. The Bertz CT molecular complexity index is 753. The summed E-state index contributed by atoms with van der Waals surface area (Å²) >= 11 is 0. The van der Waals surface area contributed by atoms with Crippen molar-refractivity contribution in [3.63, 3.8) is 0 Å². The molecule has 0 saturated heterocycles. The van der Waals surface area contributed by atoms with Crippen molar-refractivity contribution in [3.05, 3.63) is 70.8 Å². The van der Waals surface area contributed by atoms with Crippen LogP contribution in [0.4, 0.5) is 26.3 Å². The summed E-state index contributed by atoms with van der Waals surface area (Å²) in [6, 6.07) is 11.2. The third-order valence-corrected chi connectivity index (χ3v) is 5.54. The molecule has 0 aromatic heterocycles. The minimum atomic E-state index is -4.38. The Labute approximate surface area is 171 Å². The van der Waals surface area contributed by atoms with E-state index in [0.29, 0.717) is 0 Å². The first kappa shape index (κ1) is 22.6. The molecule has 30 heavy (non-hydrogen) atoms. The van der Waals surface area contributed by atoms with E-state index in [2.05, 4.69) is 10.6 Å². The van der Waals surface area contributed by atoms with Gasteiger partial charge in [0.15, 0.2) is 0 Å². The quantitative estimate of drug-likeness (QED) is 0.557. The summed E-state index contributed by atoms with van der Waals surface area (Å²) < 4.78 is 78.5. The van der Waals surface area contributed by atoms with Gasteiger partial charge < -0.3 is 10.6 Å². The van der Waals surface area contributed by atoms with Crippen LogP contribution < -0.4 is 10.6 Å². The lowest BCUT2D eigenvalue weighted by atomic mass is 9.90. The first-order valence-corrected chi connectivity index (χ1v) is 9.91. The third-order valence-electron chi connectivity index (χ3n) is 5.54. The van der Waals surface area contributed by atoms with Crippen LogP contribution in [0.5, 0.6) is 0 Å². The second-order valence-corrected chi connectivity index (χ2v) is 7.62. The molecular formula is C22H24F6N2. The monoisotopic (exact) mass is 430 g/mol. The van der Waals surface area contributed by atoms with Gasteiger partial charge in [0.1, 0.15) is 0 Å². The number of nitrogens with one attached hydrogen (secondary N) is 2. The number of hydrogen-bond donors (Lipinski definition) is 2. The maximum Gasteiger partial charge on any atom is 0.416 e. The highest BCUT2D eigenvalue weighted by atomic mass is 19.4. The highest BCUT2D eigenvalue weighted by molar-refractivity contribution is 5.30. The lowest BCUT2D eigenvalue weighted by molar-refractivity contribution is -0.139. The Hall–Kier alpha value is -2.06. The van der Waals surface area contributed by atoms with E-state index in [0.717, 1.165) is 37.8 Å². The average Bonchev–Trinajstić information content (AvgIpc) is 2.70. The molecule has 0 aliphatic heterocycles. The second kappa shape index (κ2) is 9.39. The molecule has 1 aliphatic rings. The van der Waals surface area contributed by atoms with Crippen LogP contribution >= 0.6 is 0 Å². The van der Waals surface area contributed by atoms with Crippen molar-refractivity contribution in [2.45, 2.75) is 63.2 Å². The molecule has 0 atom stereocenters. The maximum atomic E-state index is 13.1. The molecule has 0 radical (unpaired) electrons. The summed E-state index contributed by atoms with van der Waals surface area (Å²) in [6.07, 6.45) is -5.74. The van der Waals surface area contributed by atoms with Gasteiger partial charge in [-0.25, -0.2) is 0 Å². The molecule has 0 spiro atoms. The molecule has 1 aliphatic carbocycles. The SMILES string of the molecule is FC(F)(F)c1ccccc1CNC1CCC(NCc2ccccc2C(F)(F)F)CC1. The normalized spacial score (nSPS) is 20.3. The van der Waals surface area contributed by atoms with E-state index in [1.807, 2.05) is 0 Å². The van der Waals surface area contributed by atoms with Crippen molar-refractivity contribution >= 4 is 0 Å².